The molecule has 1 saturated heterocycles. The van der Waals surface area contributed by atoms with Crippen molar-refractivity contribution in [3.8, 4) is 16.9 Å². The molecule has 6 N–H and O–H groups in total. The highest BCUT2D eigenvalue weighted by Crippen LogP contribution is 2.38. The van der Waals surface area contributed by atoms with Crippen molar-refractivity contribution in [1.29, 1.82) is 0 Å². The minimum Gasteiger partial charge on any atom is -0.497 e. The monoisotopic (exact) mass is 522 g/mol. The first-order chi connectivity index (χ1) is 17.2. The van der Waals surface area contributed by atoms with Gasteiger partial charge in [-0.3, -0.25) is 4.79 Å². The Labute approximate surface area is 210 Å². The van der Waals surface area contributed by atoms with Gasteiger partial charge in [0.15, 0.2) is 11.6 Å². The predicted octanol–water partition coefficient (Wildman–Crippen LogP) is 4.02. The Kier molecular flexibility index (Phi) is 8.50. The second kappa shape index (κ2) is 11.4. The molecule has 1 fully saturated rings. The maximum Gasteiger partial charge on any atom is 0.433 e. The summed E-state index contributed by atoms with van der Waals surface area (Å²) < 4.78 is 66.0. The number of primary amides is 1. The number of halogens is 4. The van der Waals surface area contributed by atoms with E-state index in [9.17, 15) is 18.0 Å². The van der Waals surface area contributed by atoms with E-state index >= 15 is 4.39 Å². The molecule has 1 aliphatic heterocycles. The summed E-state index contributed by atoms with van der Waals surface area (Å²) >= 11 is 0. The minimum atomic E-state index is -4.78. The van der Waals surface area contributed by atoms with Gasteiger partial charge in [-0.1, -0.05) is 12.1 Å². The van der Waals surface area contributed by atoms with Gasteiger partial charge in [0, 0.05) is 37.0 Å². The molecular weight excluding hydrogens is 496 g/mol. The van der Waals surface area contributed by atoms with E-state index in [-0.39, 0.29) is 35.3 Å². The molecule has 4 rings (SSSR count). The first-order valence-electron chi connectivity index (χ1n) is 11.0. The second-order valence-electron chi connectivity index (χ2n) is 7.94. The van der Waals surface area contributed by atoms with E-state index in [0.29, 0.717) is 32.1 Å². The summed E-state index contributed by atoms with van der Waals surface area (Å²) in [4.78, 5) is 21.3. The molecule has 37 heavy (non-hydrogen) atoms. The topological polar surface area (TPSA) is 138 Å². The average molecular weight is 523 g/mol. The number of carbonyl (C=O) groups is 1. The molecule has 2 aromatic heterocycles. The van der Waals surface area contributed by atoms with Gasteiger partial charge < -0.3 is 31.6 Å². The standard InChI is InChI=1S/C24H23F4N5O3.H3N/c1-35-15-4-2-14(3-5-15)12-30-23-19(25)21(33-8-10-36-11-9-33)17(13-31-23)16-6-7-18(24(26,27)28)32-20(16)22(29)34;/h2-7,13H,8-12H2,1H3,(H2,29,34)(H,30,31);1H3. The van der Waals surface area contributed by atoms with Crippen molar-refractivity contribution in [2.75, 3.05) is 43.6 Å². The van der Waals surface area contributed by atoms with E-state index < -0.39 is 29.3 Å². The van der Waals surface area contributed by atoms with E-state index in [1.54, 1.807) is 24.1 Å². The number of rotatable bonds is 7. The summed E-state index contributed by atoms with van der Waals surface area (Å²) in [5.41, 5.74) is 4.41. The van der Waals surface area contributed by atoms with Crippen LogP contribution in [0.15, 0.2) is 42.6 Å². The predicted molar refractivity (Wildman–Crippen MR) is 129 cm³/mol. The van der Waals surface area contributed by atoms with Crippen LogP contribution in [-0.4, -0.2) is 49.3 Å². The maximum atomic E-state index is 15.9. The molecule has 0 aliphatic carbocycles. The van der Waals surface area contributed by atoms with Crippen LogP contribution in [0.5, 0.6) is 5.75 Å². The van der Waals surface area contributed by atoms with Crippen LogP contribution in [0.2, 0.25) is 0 Å². The molecule has 1 aliphatic rings. The molecule has 3 aromatic rings. The van der Waals surface area contributed by atoms with Gasteiger partial charge in [-0.15, -0.1) is 0 Å². The Hall–Kier alpha value is -3.97. The SMILES string of the molecule is COc1ccc(CNc2ncc(-c3ccc(C(F)(F)F)nc3C(N)=O)c(N3CCOCC3)c2F)cc1.N. The molecular formula is C24H26F4N6O3. The van der Waals surface area contributed by atoms with Crippen LogP contribution >= 0.6 is 0 Å². The van der Waals surface area contributed by atoms with Crippen LogP contribution < -0.4 is 26.8 Å². The number of methoxy groups -OCH3 is 1. The van der Waals surface area contributed by atoms with Gasteiger partial charge in [0.25, 0.3) is 5.91 Å². The van der Waals surface area contributed by atoms with Crippen LogP contribution in [-0.2, 0) is 17.5 Å². The van der Waals surface area contributed by atoms with E-state index in [2.05, 4.69) is 15.3 Å². The normalized spacial score (nSPS) is 13.6. The first-order valence-corrected chi connectivity index (χ1v) is 11.0. The molecule has 9 nitrogen and oxygen atoms in total. The molecule has 3 heterocycles. The number of aromatic nitrogens is 2. The molecule has 0 saturated carbocycles. The first kappa shape index (κ1) is 27.6. The van der Waals surface area contributed by atoms with Crippen molar-refractivity contribution < 1.29 is 31.8 Å². The lowest BCUT2D eigenvalue weighted by Gasteiger charge is -2.31. The van der Waals surface area contributed by atoms with Crippen LogP contribution in [0.3, 0.4) is 0 Å². The highest BCUT2D eigenvalue weighted by molar-refractivity contribution is 6.00. The number of pyridine rings is 2. The van der Waals surface area contributed by atoms with Crippen molar-refractivity contribution >= 4 is 17.4 Å². The van der Waals surface area contributed by atoms with Gasteiger partial charge in [-0.25, -0.2) is 14.4 Å². The zero-order valence-corrected chi connectivity index (χ0v) is 19.9. The molecule has 13 heteroatoms. The van der Waals surface area contributed by atoms with Gasteiger partial charge in [0.05, 0.1) is 26.0 Å². The van der Waals surface area contributed by atoms with Crippen molar-refractivity contribution in [2.24, 2.45) is 5.73 Å². The van der Waals surface area contributed by atoms with Crippen molar-refractivity contribution in [2.45, 2.75) is 12.7 Å². The van der Waals surface area contributed by atoms with Crippen LogP contribution in [0.25, 0.3) is 11.1 Å². The van der Waals surface area contributed by atoms with Crippen molar-refractivity contribution in [3.63, 3.8) is 0 Å². The lowest BCUT2D eigenvalue weighted by Crippen LogP contribution is -2.37. The molecule has 0 unspecified atom stereocenters. The summed E-state index contributed by atoms with van der Waals surface area (Å²) in [5.74, 6) is -1.28. The fourth-order valence-electron chi connectivity index (χ4n) is 3.85. The van der Waals surface area contributed by atoms with Crippen molar-refractivity contribution in [3.05, 3.63) is 65.4 Å². The summed E-state index contributed by atoms with van der Waals surface area (Å²) in [6.45, 7) is 1.55. The van der Waals surface area contributed by atoms with E-state index in [0.717, 1.165) is 17.7 Å². The highest BCUT2D eigenvalue weighted by atomic mass is 19.4. The minimum absolute atomic E-state index is 0. The largest absolute Gasteiger partial charge is 0.497 e. The van der Waals surface area contributed by atoms with E-state index in [4.69, 9.17) is 15.2 Å². The number of hydrogen-bond donors (Lipinski definition) is 3. The average Bonchev–Trinajstić information content (AvgIpc) is 2.87. The lowest BCUT2D eigenvalue weighted by atomic mass is 10.0. The fourth-order valence-corrected chi connectivity index (χ4v) is 3.85. The highest BCUT2D eigenvalue weighted by Gasteiger charge is 2.34. The molecule has 1 aromatic carbocycles. The van der Waals surface area contributed by atoms with E-state index in [1.165, 1.54) is 6.20 Å². The van der Waals surface area contributed by atoms with Gasteiger partial charge >= 0.3 is 6.18 Å². The number of alkyl halides is 3. The Bertz CT molecular complexity index is 1250. The third kappa shape index (κ3) is 6.06. The van der Waals surface area contributed by atoms with Gasteiger partial charge in [0.2, 0.25) is 0 Å². The number of anilines is 2. The molecule has 198 valence electrons. The molecule has 0 spiro atoms. The van der Waals surface area contributed by atoms with E-state index in [1.807, 2.05) is 12.1 Å². The number of benzene rings is 1. The van der Waals surface area contributed by atoms with Crippen molar-refractivity contribution in [1.82, 2.24) is 16.1 Å². The summed E-state index contributed by atoms with van der Waals surface area (Å²) in [5, 5.41) is 2.95. The number of nitrogens with zero attached hydrogens (tertiary/aromatic N) is 3. The summed E-state index contributed by atoms with van der Waals surface area (Å²) in [7, 11) is 1.55. The lowest BCUT2D eigenvalue weighted by molar-refractivity contribution is -0.141. The third-order valence-corrected chi connectivity index (χ3v) is 5.65. The number of nitrogens with two attached hydrogens (primary N) is 1. The summed E-state index contributed by atoms with van der Waals surface area (Å²) in [6.07, 6.45) is -3.49. The molecule has 0 atom stereocenters. The Morgan fingerprint density at radius 3 is 2.41 bits per heavy atom. The Balaban J connectivity index is 0.00000380. The zero-order valence-electron chi connectivity index (χ0n) is 19.9. The van der Waals surface area contributed by atoms with Gasteiger partial charge in [-0.2, -0.15) is 13.2 Å². The molecule has 1 amide bonds. The Morgan fingerprint density at radius 1 is 1.14 bits per heavy atom. The number of ether oxygens (including phenoxy) is 2. The smallest absolute Gasteiger partial charge is 0.433 e. The Morgan fingerprint density at radius 2 is 1.81 bits per heavy atom. The number of amides is 1. The maximum absolute atomic E-state index is 15.9. The quantitative estimate of drug-likeness (QED) is 0.396. The molecule has 0 bridgehead atoms. The number of morpholine rings is 1. The second-order valence-corrected chi connectivity index (χ2v) is 7.94. The number of nitrogens with one attached hydrogen (secondary N) is 1. The van der Waals surface area contributed by atoms with Crippen LogP contribution in [0.4, 0.5) is 29.1 Å². The van der Waals surface area contributed by atoms with Gasteiger partial charge in [0.1, 0.15) is 17.1 Å². The van der Waals surface area contributed by atoms with Crippen LogP contribution in [0.1, 0.15) is 21.7 Å². The van der Waals surface area contributed by atoms with Crippen LogP contribution in [0, 0.1) is 5.82 Å². The third-order valence-electron chi connectivity index (χ3n) is 5.65. The fraction of sp³-hybridized carbons (Fsp3) is 0.292. The van der Waals surface area contributed by atoms with Gasteiger partial charge in [-0.05, 0) is 29.8 Å². The zero-order chi connectivity index (χ0) is 25.9. The summed E-state index contributed by atoms with van der Waals surface area (Å²) in [6, 6.07) is 8.94. The molecule has 0 radical (unpaired) electrons. The number of hydrogen-bond acceptors (Lipinski definition) is 8. The number of carbonyl (C=O) groups excluding carboxylic acids is 1.